The molecule has 0 spiro atoms. The highest BCUT2D eigenvalue weighted by Gasteiger charge is 2.14. The number of anilines is 2. The van der Waals surface area contributed by atoms with Gasteiger partial charge in [-0.2, -0.15) is 5.10 Å². The van der Waals surface area contributed by atoms with Crippen LogP contribution in [0, 0.1) is 6.92 Å². The number of thioether (sulfide) groups is 1. The standard InChI is InChI=1S/C25H22N6OS/c1-15-19(7-8-22-21(15)13-31(30-22)14-23(26)32)25-20-11-24(28-12-16(20)9-10-27-25)29-17-3-5-18(33-2)6-4-17/h3-13H,14H2,1-2H3,(H2,26,32)(H,28,29). The number of nitrogens with two attached hydrogens (primary N) is 1. The summed E-state index contributed by atoms with van der Waals surface area (Å²) in [5.41, 5.74) is 10.0. The number of rotatable bonds is 6. The Hall–Kier alpha value is -3.91. The van der Waals surface area contributed by atoms with Crippen LogP contribution in [0.4, 0.5) is 11.5 Å². The van der Waals surface area contributed by atoms with Crippen molar-refractivity contribution in [2.45, 2.75) is 18.4 Å². The van der Waals surface area contributed by atoms with Crippen LogP contribution in [0.3, 0.4) is 0 Å². The molecule has 0 saturated carbocycles. The molecule has 33 heavy (non-hydrogen) atoms. The van der Waals surface area contributed by atoms with E-state index >= 15 is 0 Å². The van der Waals surface area contributed by atoms with Crippen molar-refractivity contribution in [1.82, 2.24) is 19.7 Å². The quantitative estimate of drug-likeness (QED) is 0.354. The van der Waals surface area contributed by atoms with E-state index in [4.69, 9.17) is 10.7 Å². The summed E-state index contributed by atoms with van der Waals surface area (Å²) in [6, 6.07) is 16.2. The number of amides is 1. The van der Waals surface area contributed by atoms with Gasteiger partial charge in [0.25, 0.3) is 0 Å². The maximum absolute atomic E-state index is 11.3. The van der Waals surface area contributed by atoms with Gasteiger partial charge in [-0.1, -0.05) is 6.07 Å². The second kappa shape index (κ2) is 8.55. The van der Waals surface area contributed by atoms with E-state index in [2.05, 4.69) is 33.8 Å². The molecular weight excluding hydrogens is 432 g/mol. The van der Waals surface area contributed by atoms with Gasteiger partial charge in [-0.05, 0) is 61.2 Å². The van der Waals surface area contributed by atoms with Gasteiger partial charge >= 0.3 is 0 Å². The predicted octanol–water partition coefficient (Wildman–Crippen LogP) is 4.91. The average Bonchev–Trinajstić information content (AvgIpc) is 3.22. The first-order chi connectivity index (χ1) is 16.0. The molecule has 1 amide bonds. The Bertz CT molecular complexity index is 1490. The van der Waals surface area contributed by atoms with E-state index in [9.17, 15) is 4.79 Å². The number of nitrogens with one attached hydrogen (secondary N) is 1. The molecule has 3 N–H and O–H groups in total. The predicted molar refractivity (Wildman–Crippen MR) is 134 cm³/mol. The lowest BCUT2D eigenvalue weighted by atomic mass is 9.98. The number of fused-ring (bicyclic) bond motifs is 2. The molecule has 0 fully saturated rings. The first-order valence-corrected chi connectivity index (χ1v) is 11.7. The summed E-state index contributed by atoms with van der Waals surface area (Å²) in [5.74, 6) is 0.327. The molecule has 3 heterocycles. The average molecular weight is 455 g/mol. The van der Waals surface area contributed by atoms with Crippen LogP contribution in [0.1, 0.15) is 5.56 Å². The first-order valence-electron chi connectivity index (χ1n) is 10.4. The van der Waals surface area contributed by atoms with E-state index in [1.54, 1.807) is 22.6 Å². The Kier molecular flexibility index (Phi) is 5.43. The minimum atomic E-state index is -0.424. The van der Waals surface area contributed by atoms with Crippen molar-refractivity contribution in [3.05, 3.63) is 72.7 Å². The fourth-order valence-electron chi connectivity index (χ4n) is 3.95. The number of aryl methyl sites for hydroxylation is 1. The van der Waals surface area contributed by atoms with Crippen LogP contribution in [0.15, 0.2) is 72.0 Å². The minimum Gasteiger partial charge on any atom is -0.368 e. The third-order valence-corrected chi connectivity index (χ3v) is 6.33. The zero-order chi connectivity index (χ0) is 22.9. The van der Waals surface area contributed by atoms with Gasteiger partial charge in [0, 0.05) is 50.9 Å². The smallest absolute Gasteiger partial charge is 0.239 e. The Morgan fingerprint density at radius 1 is 1.09 bits per heavy atom. The van der Waals surface area contributed by atoms with Gasteiger partial charge in [0.1, 0.15) is 12.4 Å². The molecule has 0 atom stereocenters. The highest BCUT2D eigenvalue weighted by Crippen LogP contribution is 2.33. The van der Waals surface area contributed by atoms with Gasteiger partial charge in [-0.15, -0.1) is 11.8 Å². The number of carbonyl (C=O) groups excluding carboxylic acids is 1. The lowest BCUT2D eigenvalue weighted by Crippen LogP contribution is -2.18. The van der Waals surface area contributed by atoms with Crippen LogP contribution < -0.4 is 11.1 Å². The molecule has 3 aromatic heterocycles. The molecule has 0 aliphatic carbocycles. The molecule has 0 bridgehead atoms. The van der Waals surface area contributed by atoms with Crippen LogP contribution in [0.5, 0.6) is 0 Å². The topological polar surface area (TPSA) is 98.7 Å². The zero-order valence-electron chi connectivity index (χ0n) is 18.2. The lowest BCUT2D eigenvalue weighted by molar-refractivity contribution is -0.118. The summed E-state index contributed by atoms with van der Waals surface area (Å²) >= 11 is 1.71. The van der Waals surface area contributed by atoms with Crippen LogP contribution in [-0.2, 0) is 11.3 Å². The summed E-state index contributed by atoms with van der Waals surface area (Å²) in [4.78, 5) is 21.8. The summed E-state index contributed by atoms with van der Waals surface area (Å²) < 4.78 is 1.58. The summed E-state index contributed by atoms with van der Waals surface area (Å²) in [7, 11) is 0. The van der Waals surface area contributed by atoms with Crippen LogP contribution in [-0.4, -0.2) is 31.9 Å². The van der Waals surface area contributed by atoms with Crippen molar-refractivity contribution < 1.29 is 4.79 Å². The summed E-state index contributed by atoms with van der Waals surface area (Å²) in [6.07, 6.45) is 7.58. The maximum Gasteiger partial charge on any atom is 0.239 e. The first kappa shape index (κ1) is 21.0. The number of benzene rings is 2. The Morgan fingerprint density at radius 3 is 2.67 bits per heavy atom. The molecule has 5 rings (SSSR count). The zero-order valence-corrected chi connectivity index (χ0v) is 19.1. The number of aromatic nitrogens is 4. The van der Waals surface area contributed by atoms with Crippen molar-refractivity contribution in [3.63, 3.8) is 0 Å². The van der Waals surface area contributed by atoms with Crippen molar-refractivity contribution >= 4 is 50.8 Å². The van der Waals surface area contributed by atoms with Crippen molar-refractivity contribution in [3.8, 4) is 11.3 Å². The van der Waals surface area contributed by atoms with E-state index in [1.165, 1.54) is 4.90 Å². The molecule has 164 valence electrons. The highest BCUT2D eigenvalue weighted by atomic mass is 32.2. The van der Waals surface area contributed by atoms with E-state index in [1.807, 2.05) is 55.7 Å². The molecule has 7 nitrogen and oxygen atoms in total. The fourth-order valence-corrected chi connectivity index (χ4v) is 4.36. The van der Waals surface area contributed by atoms with Crippen molar-refractivity contribution in [1.29, 1.82) is 0 Å². The van der Waals surface area contributed by atoms with Crippen LogP contribution in [0.25, 0.3) is 32.9 Å². The SMILES string of the molecule is CSc1ccc(Nc2cc3c(-c4ccc5nn(CC(N)=O)cc5c4C)nccc3cn2)cc1. The molecule has 8 heteroatoms. The second-order valence-electron chi connectivity index (χ2n) is 7.77. The normalized spacial score (nSPS) is 11.2. The number of nitrogens with zero attached hydrogens (tertiary/aromatic N) is 4. The van der Waals surface area contributed by atoms with Gasteiger partial charge in [0.2, 0.25) is 5.91 Å². The monoisotopic (exact) mass is 454 g/mol. The molecule has 5 aromatic rings. The Labute approximate surface area is 195 Å². The summed E-state index contributed by atoms with van der Waals surface area (Å²) in [6.45, 7) is 2.09. The molecule has 0 unspecified atom stereocenters. The van der Waals surface area contributed by atoms with Crippen LogP contribution in [0.2, 0.25) is 0 Å². The number of primary amides is 1. The summed E-state index contributed by atoms with van der Waals surface area (Å²) in [5, 5.41) is 10.8. The number of carbonyl (C=O) groups is 1. The van der Waals surface area contributed by atoms with Gasteiger partial charge in [-0.25, -0.2) is 4.98 Å². The van der Waals surface area contributed by atoms with Crippen LogP contribution >= 0.6 is 11.8 Å². The molecular formula is C25H22N6OS. The van der Waals surface area contributed by atoms with Gasteiger partial charge in [-0.3, -0.25) is 14.5 Å². The van der Waals surface area contributed by atoms with E-state index in [0.717, 1.165) is 50.0 Å². The van der Waals surface area contributed by atoms with E-state index in [-0.39, 0.29) is 6.54 Å². The highest BCUT2D eigenvalue weighted by molar-refractivity contribution is 7.98. The van der Waals surface area contributed by atoms with Crippen molar-refractivity contribution in [2.75, 3.05) is 11.6 Å². The van der Waals surface area contributed by atoms with Gasteiger partial charge in [0.05, 0.1) is 11.2 Å². The third-order valence-electron chi connectivity index (χ3n) is 5.59. The van der Waals surface area contributed by atoms with E-state index in [0.29, 0.717) is 0 Å². The largest absolute Gasteiger partial charge is 0.368 e. The van der Waals surface area contributed by atoms with E-state index < -0.39 is 5.91 Å². The number of hydrogen-bond donors (Lipinski definition) is 2. The van der Waals surface area contributed by atoms with Gasteiger partial charge in [0.15, 0.2) is 0 Å². The molecule has 0 aliphatic heterocycles. The number of pyridine rings is 2. The van der Waals surface area contributed by atoms with Gasteiger partial charge < -0.3 is 11.1 Å². The molecule has 2 aromatic carbocycles. The molecule has 0 saturated heterocycles. The molecule has 0 radical (unpaired) electrons. The second-order valence-corrected chi connectivity index (χ2v) is 8.65. The third kappa shape index (κ3) is 4.12. The Morgan fingerprint density at radius 2 is 1.91 bits per heavy atom. The number of hydrogen-bond acceptors (Lipinski definition) is 6. The minimum absolute atomic E-state index is 0.0502. The van der Waals surface area contributed by atoms with Crippen molar-refractivity contribution in [2.24, 2.45) is 5.73 Å². The molecule has 0 aliphatic rings. The fraction of sp³-hybridized carbons (Fsp3) is 0.120. The lowest BCUT2D eigenvalue weighted by Gasteiger charge is -2.11. The maximum atomic E-state index is 11.3. The Balaban J connectivity index is 1.57.